The SMILES string of the molecule is CCOC(=O)CCCCc1cnc(C#Cc2ccc3c(c2)C(SC)(SC)CCO3)cn1. The second kappa shape index (κ2) is 11.4. The Morgan fingerprint density at radius 3 is 2.74 bits per heavy atom. The monoisotopic (exact) mass is 456 g/mol. The summed E-state index contributed by atoms with van der Waals surface area (Å²) in [6.07, 6.45) is 11.7. The number of unbranched alkanes of at least 4 members (excludes halogenated alkanes) is 1. The van der Waals surface area contributed by atoms with Gasteiger partial charge >= 0.3 is 5.97 Å². The summed E-state index contributed by atoms with van der Waals surface area (Å²) in [5.41, 5.74) is 3.70. The zero-order chi connectivity index (χ0) is 22.1. The minimum atomic E-state index is -0.139. The molecule has 1 aromatic heterocycles. The Balaban J connectivity index is 1.62. The van der Waals surface area contributed by atoms with Crippen molar-refractivity contribution in [2.24, 2.45) is 0 Å². The van der Waals surface area contributed by atoms with E-state index in [0.717, 1.165) is 49.3 Å². The lowest BCUT2D eigenvalue weighted by molar-refractivity contribution is -0.143. The third-order valence-corrected chi connectivity index (χ3v) is 8.31. The number of hydrogen-bond acceptors (Lipinski definition) is 7. The van der Waals surface area contributed by atoms with Crippen LogP contribution < -0.4 is 4.74 Å². The van der Waals surface area contributed by atoms with E-state index in [2.05, 4.69) is 40.4 Å². The fourth-order valence-corrected chi connectivity index (χ4v) is 5.46. The molecule has 5 nitrogen and oxygen atoms in total. The predicted octanol–water partition coefficient (Wildman–Crippen LogP) is 4.81. The summed E-state index contributed by atoms with van der Waals surface area (Å²) in [5, 5.41) is 0. The molecular weight excluding hydrogens is 428 g/mol. The van der Waals surface area contributed by atoms with Crippen LogP contribution in [0.4, 0.5) is 0 Å². The molecule has 0 atom stereocenters. The van der Waals surface area contributed by atoms with Gasteiger partial charge in [0.05, 0.1) is 29.2 Å². The molecule has 1 aliphatic rings. The highest BCUT2D eigenvalue weighted by Crippen LogP contribution is 2.52. The Morgan fingerprint density at radius 2 is 2.03 bits per heavy atom. The number of carbonyl (C=O) groups is 1. The van der Waals surface area contributed by atoms with Crippen molar-refractivity contribution in [2.45, 2.75) is 43.1 Å². The molecule has 0 unspecified atom stereocenters. The van der Waals surface area contributed by atoms with Crippen LogP contribution in [-0.4, -0.2) is 41.7 Å². The van der Waals surface area contributed by atoms with Crippen LogP contribution in [0, 0.1) is 11.8 Å². The number of fused-ring (bicyclic) bond motifs is 1. The van der Waals surface area contributed by atoms with E-state index in [1.807, 2.05) is 42.6 Å². The van der Waals surface area contributed by atoms with E-state index in [1.165, 1.54) is 5.56 Å². The van der Waals surface area contributed by atoms with E-state index in [-0.39, 0.29) is 10.0 Å². The lowest BCUT2D eigenvalue weighted by atomic mass is 10.0. The second-order valence-corrected chi connectivity index (χ2v) is 9.59. The second-order valence-electron chi connectivity index (χ2n) is 7.13. The molecular formula is C24H28N2O3S2. The van der Waals surface area contributed by atoms with Crippen molar-refractivity contribution in [1.29, 1.82) is 0 Å². The molecule has 3 rings (SSSR count). The number of carbonyl (C=O) groups excluding carboxylic acids is 1. The zero-order valence-corrected chi connectivity index (χ0v) is 19.9. The van der Waals surface area contributed by atoms with Crippen LogP contribution in [0.25, 0.3) is 0 Å². The first-order chi connectivity index (χ1) is 15.1. The smallest absolute Gasteiger partial charge is 0.305 e. The van der Waals surface area contributed by atoms with Gasteiger partial charge in [-0.25, -0.2) is 4.98 Å². The molecule has 2 heterocycles. The maximum absolute atomic E-state index is 11.4. The highest BCUT2D eigenvalue weighted by Gasteiger charge is 2.36. The molecule has 0 amide bonds. The molecule has 0 saturated carbocycles. The first-order valence-corrected chi connectivity index (χ1v) is 12.9. The topological polar surface area (TPSA) is 61.3 Å². The van der Waals surface area contributed by atoms with Gasteiger partial charge in [0.25, 0.3) is 0 Å². The van der Waals surface area contributed by atoms with Crippen molar-refractivity contribution in [3.05, 3.63) is 53.1 Å². The van der Waals surface area contributed by atoms with E-state index in [0.29, 0.717) is 18.7 Å². The van der Waals surface area contributed by atoms with Gasteiger partial charge in [0.2, 0.25) is 0 Å². The summed E-state index contributed by atoms with van der Waals surface area (Å²) in [6, 6.07) is 6.15. The van der Waals surface area contributed by atoms with Gasteiger partial charge in [0.1, 0.15) is 11.4 Å². The Hall–Kier alpha value is -2.17. The number of thioether (sulfide) groups is 2. The number of aryl methyl sites for hydroxylation is 1. The number of rotatable bonds is 8. The maximum atomic E-state index is 11.4. The van der Waals surface area contributed by atoms with Gasteiger partial charge in [-0.2, -0.15) is 0 Å². The first kappa shape index (κ1) is 23.5. The third-order valence-electron chi connectivity index (χ3n) is 5.15. The Kier molecular flexibility index (Phi) is 8.68. The number of aromatic nitrogens is 2. The van der Waals surface area contributed by atoms with Gasteiger partial charge in [-0.1, -0.05) is 5.92 Å². The van der Waals surface area contributed by atoms with E-state index >= 15 is 0 Å². The Bertz CT molecular complexity index is 948. The fraction of sp³-hybridized carbons (Fsp3) is 0.458. The molecule has 0 spiro atoms. The van der Waals surface area contributed by atoms with Crippen molar-refractivity contribution in [3.63, 3.8) is 0 Å². The van der Waals surface area contributed by atoms with Crippen molar-refractivity contribution < 1.29 is 14.3 Å². The maximum Gasteiger partial charge on any atom is 0.305 e. The highest BCUT2D eigenvalue weighted by molar-refractivity contribution is 8.16. The third kappa shape index (κ3) is 6.18. The average molecular weight is 457 g/mol. The number of hydrogen-bond donors (Lipinski definition) is 0. The summed E-state index contributed by atoms with van der Waals surface area (Å²) in [4.78, 5) is 20.2. The van der Waals surface area contributed by atoms with E-state index < -0.39 is 0 Å². The molecule has 1 aliphatic heterocycles. The summed E-state index contributed by atoms with van der Waals surface area (Å²) in [5.74, 6) is 7.14. The van der Waals surface area contributed by atoms with Crippen LogP contribution in [0.1, 0.15) is 55.1 Å². The molecule has 164 valence electrons. The summed E-state index contributed by atoms with van der Waals surface area (Å²) in [6.45, 7) is 2.99. The molecule has 0 aliphatic carbocycles. The average Bonchev–Trinajstić information content (AvgIpc) is 2.81. The van der Waals surface area contributed by atoms with Crippen LogP contribution in [0.15, 0.2) is 30.6 Å². The molecule has 0 radical (unpaired) electrons. The number of benzene rings is 1. The Morgan fingerprint density at radius 1 is 1.19 bits per heavy atom. The van der Waals surface area contributed by atoms with Crippen LogP contribution in [-0.2, 0) is 20.0 Å². The number of esters is 1. The molecule has 0 bridgehead atoms. The molecule has 7 heteroatoms. The summed E-state index contributed by atoms with van der Waals surface area (Å²) < 4.78 is 10.8. The van der Waals surface area contributed by atoms with Crippen molar-refractivity contribution in [2.75, 3.05) is 25.7 Å². The standard InChI is InChI=1S/C24H28N2O3S2/c1-4-28-23(27)8-6-5-7-19-16-26-20(17-25-19)11-9-18-10-12-22-21(15-18)24(30-2,31-3)13-14-29-22/h10,12,15-17H,4-8,13-14H2,1-3H3. The lowest BCUT2D eigenvalue weighted by Crippen LogP contribution is -2.26. The van der Waals surface area contributed by atoms with Gasteiger partial charge in [0.15, 0.2) is 0 Å². The summed E-state index contributed by atoms with van der Waals surface area (Å²) >= 11 is 3.72. The normalized spacial score (nSPS) is 14.0. The number of nitrogens with zero attached hydrogens (tertiary/aromatic N) is 2. The largest absolute Gasteiger partial charge is 0.493 e. The van der Waals surface area contributed by atoms with Crippen molar-refractivity contribution >= 4 is 29.5 Å². The quantitative estimate of drug-likeness (QED) is 0.244. The van der Waals surface area contributed by atoms with Gasteiger partial charge in [-0.3, -0.25) is 9.78 Å². The van der Waals surface area contributed by atoms with Crippen molar-refractivity contribution in [3.8, 4) is 17.6 Å². The molecule has 1 aromatic carbocycles. The van der Waals surface area contributed by atoms with E-state index in [9.17, 15) is 4.79 Å². The molecule has 2 aromatic rings. The fourth-order valence-electron chi connectivity index (χ4n) is 3.46. The molecule has 0 fully saturated rings. The first-order valence-electron chi connectivity index (χ1n) is 10.5. The summed E-state index contributed by atoms with van der Waals surface area (Å²) in [7, 11) is 0. The van der Waals surface area contributed by atoms with Gasteiger partial charge in [-0.05, 0) is 62.8 Å². The molecule has 0 N–H and O–H groups in total. The minimum Gasteiger partial charge on any atom is -0.493 e. The van der Waals surface area contributed by atoms with Crippen LogP contribution in [0.3, 0.4) is 0 Å². The van der Waals surface area contributed by atoms with Gasteiger partial charge in [-0.15, -0.1) is 23.5 Å². The molecule has 0 saturated heterocycles. The van der Waals surface area contributed by atoms with E-state index in [1.54, 1.807) is 12.4 Å². The van der Waals surface area contributed by atoms with Gasteiger partial charge in [0, 0.05) is 30.2 Å². The zero-order valence-electron chi connectivity index (χ0n) is 18.3. The van der Waals surface area contributed by atoms with Gasteiger partial charge < -0.3 is 9.47 Å². The predicted molar refractivity (Wildman–Crippen MR) is 127 cm³/mol. The lowest BCUT2D eigenvalue weighted by Gasteiger charge is -2.36. The van der Waals surface area contributed by atoms with Crippen LogP contribution >= 0.6 is 23.5 Å². The molecule has 31 heavy (non-hydrogen) atoms. The van der Waals surface area contributed by atoms with Crippen LogP contribution in [0.5, 0.6) is 5.75 Å². The van der Waals surface area contributed by atoms with Crippen molar-refractivity contribution in [1.82, 2.24) is 9.97 Å². The van der Waals surface area contributed by atoms with E-state index in [4.69, 9.17) is 9.47 Å². The Labute approximate surface area is 193 Å². The number of ether oxygens (including phenoxy) is 2. The highest BCUT2D eigenvalue weighted by atomic mass is 32.2. The minimum absolute atomic E-state index is 0.0139. The van der Waals surface area contributed by atoms with Crippen LogP contribution in [0.2, 0.25) is 0 Å².